The van der Waals surface area contributed by atoms with Crippen LogP contribution in [0.1, 0.15) is 28.8 Å². The summed E-state index contributed by atoms with van der Waals surface area (Å²) >= 11 is 2.28. The van der Waals surface area contributed by atoms with E-state index in [9.17, 15) is 9.59 Å². The predicted molar refractivity (Wildman–Crippen MR) is 63.7 cm³/mol. The second-order valence-electron chi connectivity index (χ2n) is 2.73. The molecular weight excluding hydrogens is 246 g/mol. The van der Waals surface area contributed by atoms with Crippen LogP contribution in [-0.4, -0.2) is 26.9 Å². The Labute approximate surface area is 101 Å². The van der Waals surface area contributed by atoms with Crippen molar-refractivity contribution in [3.63, 3.8) is 0 Å². The van der Waals surface area contributed by atoms with E-state index in [1.807, 2.05) is 0 Å². The maximum Gasteiger partial charge on any atom is 0.365 e. The Balaban J connectivity index is 2.44. The van der Waals surface area contributed by atoms with Gasteiger partial charge in [-0.3, -0.25) is 4.79 Å². The normalized spacial score (nSPS) is 9.31. The summed E-state index contributed by atoms with van der Waals surface area (Å²) in [5, 5.41) is 10.4. The molecule has 0 bridgehead atoms. The first-order valence-corrected chi connectivity index (χ1v) is 6.27. The number of hydrogen-bond donors (Lipinski definition) is 1. The minimum atomic E-state index is -1.04. The maximum absolute atomic E-state index is 10.6. The monoisotopic (exact) mass is 255 g/mol. The van der Waals surface area contributed by atoms with Crippen LogP contribution < -0.4 is 0 Å². The van der Waals surface area contributed by atoms with Gasteiger partial charge in [-0.2, -0.15) is 0 Å². The molecule has 6 heteroatoms. The van der Waals surface area contributed by atoms with E-state index >= 15 is 0 Å². The fourth-order valence-corrected chi connectivity index (χ4v) is 1.91. The standard InChI is InChI=1S/C10H9NO3S2/c1-7(12)15-5-3-2-4-8-6-16-9(11-8)10(13)14/h6H,3,5H2,1H3,(H,13,14). The van der Waals surface area contributed by atoms with Crippen LogP contribution in [0.5, 0.6) is 0 Å². The highest BCUT2D eigenvalue weighted by Gasteiger charge is 2.06. The number of thiazole rings is 1. The lowest BCUT2D eigenvalue weighted by Gasteiger charge is -1.87. The van der Waals surface area contributed by atoms with E-state index in [-0.39, 0.29) is 10.1 Å². The molecule has 0 atom stereocenters. The van der Waals surface area contributed by atoms with Crippen molar-refractivity contribution in [1.82, 2.24) is 4.98 Å². The Morgan fingerprint density at radius 1 is 1.62 bits per heavy atom. The summed E-state index contributed by atoms with van der Waals surface area (Å²) in [6.45, 7) is 1.51. The molecule has 0 amide bonds. The average Bonchev–Trinajstić information content (AvgIpc) is 2.65. The Kier molecular flexibility index (Phi) is 5.02. The summed E-state index contributed by atoms with van der Waals surface area (Å²) in [7, 11) is 0. The largest absolute Gasteiger partial charge is 0.476 e. The topological polar surface area (TPSA) is 67.3 Å². The summed E-state index contributed by atoms with van der Waals surface area (Å²) in [5.74, 6) is 5.21. The molecule has 0 saturated heterocycles. The van der Waals surface area contributed by atoms with Gasteiger partial charge in [0.1, 0.15) is 5.69 Å². The zero-order valence-corrected chi connectivity index (χ0v) is 10.2. The van der Waals surface area contributed by atoms with E-state index in [0.29, 0.717) is 17.9 Å². The average molecular weight is 255 g/mol. The number of carboxylic acids is 1. The third-order valence-corrected chi connectivity index (χ3v) is 3.08. The van der Waals surface area contributed by atoms with Crippen molar-refractivity contribution in [2.75, 3.05) is 5.75 Å². The lowest BCUT2D eigenvalue weighted by atomic mass is 10.4. The zero-order valence-electron chi connectivity index (χ0n) is 8.52. The molecule has 16 heavy (non-hydrogen) atoms. The Hall–Kier alpha value is -1.32. The van der Waals surface area contributed by atoms with E-state index in [1.165, 1.54) is 18.7 Å². The van der Waals surface area contributed by atoms with Gasteiger partial charge in [-0.25, -0.2) is 9.78 Å². The molecule has 0 spiro atoms. The maximum atomic E-state index is 10.6. The minimum absolute atomic E-state index is 0.0439. The molecule has 1 aromatic rings. The summed E-state index contributed by atoms with van der Waals surface area (Å²) < 4.78 is 0. The number of hydrogen-bond acceptors (Lipinski definition) is 5. The number of carbonyl (C=O) groups excluding carboxylic acids is 1. The van der Waals surface area contributed by atoms with Crippen LogP contribution in [0.15, 0.2) is 5.38 Å². The molecule has 0 saturated carbocycles. The van der Waals surface area contributed by atoms with Crippen LogP contribution in [-0.2, 0) is 4.79 Å². The number of rotatable bonds is 3. The first kappa shape index (κ1) is 12.7. The smallest absolute Gasteiger partial charge is 0.365 e. The second kappa shape index (κ2) is 6.30. The fraction of sp³-hybridized carbons (Fsp3) is 0.300. The first-order chi connectivity index (χ1) is 7.59. The molecule has 0 aliphatic rings. The van der Waals surface area contributed by atoms with Crippen molar-refractivity contribution < 1.29 is 14.7 Å². The van der Waals surface area contributed by atoms with E-state index in [4.69, 9.17) is 5.11 Å². The highest BCUT2D eigenvalue weighted by atomic mass is 32.2. The third kappa shape index (κ3) is 4.47. The predicted octanol–water partition coefficient (Wildman–Crippen LogP) is 1.86. The van der Waals surface area contributed by atoms with Crippen molar-refractivity contribution >= 4 is 34.2 Å². The second-order valence-corrected chi connectivity index (χ2v) is 4.86. The summed E-state index contributed by atoms with van der Waals surface area (Å²) in [6.07, 6.45) is 0.587. The van der Waals surface area contributed by atoms with Gasteiger partial charge in [-0.15, -0.1) is 11.3 Å². The number of aromatic carboxylic acids is 1. The highest BCUT2D eigenvalue weighted by Crippen LogP contribution is 2.08. The van der Waals surface area contributed by atoms with Gasteiger partial charge in [-0.05, 0) is 5.92 Å². The zero-order chi connectivity index (χ0) is 12.0. The van der Waals surface area contributed by atoms with Gasteiger partial charge in [-0.1, -0.05) is 17.7 Å². The third-order valence-electron chi connectivity index (χ3n) is 1.44. The van der Waals surface area contributed by atoms with Crippen molar-refractivity contribution in [2.24, 2.45) is 0 Å². The van der Waals surface area contributed by atoms with Gasteiger partial charge in [0.2, 0.25) is 5.01 Å². The Bertz CT molecular complexity index is 456. The molecule has 0 fully saturated rings. The van der Waals surface area contributed by atoms with E-state index in [1.54, 1.807) is 5.38 Å². The number of carbonyl (C=O) groups is 2. The van der Waals surface area contributed by atoms with Gasteiger partial charge in [0.25, 0.3) is 0 Å². The Morgan fingerprint density at radius 3 is 2.94 bits per heavy atom. The van der Waals surface area contributed by atoms with Crippen molar-refractivity contribution in [2.45, 2.75) is 13.3 Å². The van der Waals surface area contributed by atoms with Crippen LogP contribution in [0, 0.1) is 11.8 Å². The number of aromatic nitrogens is 1. The first-order valence-electron chi connectivity index (χ1n) is 4.40. The molecule has 0 aromatic carbocycles. The van der Waals surface area contributed by atoms with Gasteiger partial charge >= 0.3 is 5.97 Å². The fourth-order valence-electron chi connectivity index (χ4n) is 0.828. The summed E-state index contributed by atoms with van der Waals surface area (Å²) in [4.78, 5) is 24.9. The molecule has 1 rings (SSSR count). The lowest BCUT2D eigenvalue weighted by molar-refractivity contribution is -0.109. The molecule has 0 aliphatic carbocycles. The molecule has 0 unspecified atom stereocenters. The van der Waals surface area contributed by atoms with Gasteiger partial charge in [0.05, 0.1) is 0 Å². The molecule has 1 heterocycles. The van der Waals surface area contributed by atoms with Crippen LogP contribution in [0.2, 0.25) is 0 Å². The molecule has 1 aromatic heterocycles. The number of nitrogens with zero attached hydrogens (tertiary/aromatic N) is 1. The molecule has 0 radical (unpaired) electrons. The van der Waals surface area contributed by atoms with Crippen LogP contribution in [0.3, 0.4) is 0 Å². The van der Waals surface area contributed by atoms with E-state index in [2.05, 4.69) is 16.8 Å². The molecule has 84 valence electrons. The molecule has 1 N–H and O–H groups in total. The molecular formula is C10H9NO3S2. The SMILES string of the molecule is CC(=O)SCCC#Cc1csc(C(=O)O)n1. The van der Waals surface area contributed by atoms with Gasteiger partial charge < -0.3 is 5.11 Å². The van der Waals surface area contributed by atoms with Crippen LogP contribution >= 0.6 is 23.1 Å². The summed E-state index contributed by atoms with van der Waals surface area (Å²) in [5.41, 5.74) is 0.468. The van der Waals surface area contributed by atoms with Crippen molar-refractivity contribution in [1.29, 1.82) is 0 Å². The van der Waals surface area contributed by atoms with Gasteiger partial charge in [0.15, 0.2) is 5.12 Å². The molecule has 0 aliphatic heterocycles. The van der Waals surface area contributed by atoms with E-state index in [0.717, 1.165) is 11.3 Å². The lowest BCUT2D eigenvalue weighted by Crippen LogP contribution is -1.94. The quantitative estimate of drug-likeness (QED) is 0.659. The van der Waals surface area contributed by atoms with Gasteiger partial charge in [0, 0.05) is 24.5 Å². The molecule has 4 nitrogen and oxygen atoms in total. The van der Waals surface area contributed by atoms with Crippen LogP contribution in [0.25, 0.3) is 0 Å². The minimum Gasteiger partial charge on any atom is -0.476 e. The van der Waals surface area contributed by atoms with Crippen molar-refractivity contribution in [3.05, 3.63) is 16.1 Å². The number of thioether (sulfide) groups is 1. The van der Waals surface area contributed by atoms with E-state index < -0.39 is 5.97 Å². The number of carboxylic acid groups (broad SMARTS) is 1. The van der Waals surface area contributed by atoms with Crippen LogP contribution in [0.4, 0.5) is 0 Å². The highest BCUT2D eigenvalue weighted by molar-refractivity contribution is 8.13. The van der Waals surface area contributed by atoms with Crippen molar-refractivity contribution in [3.8, 4) is 11.8 Å². The summed E-state index contributed by atoms with van der Waals surface area (Å²) in [6, 6.07) is 0. The Morgan fingerprint density at radius 2 is 2.38 bits per heavy atom.